The first-order chi connectivity index (χ1) is 11.1. The molecular formula is C17H19N3O3. The maximum atomic E-state index is 12.0. The molecule has 0 saturated carbocycles. The first-order valence-corrected chi connectivity index (χ1v) is 7.12. The summed E-state index contributed by atoms with van der Waals surface area (Å²) < 4.78 is 5.23. The summed E-state index contributed by atoms with van der Waals surface area (Å²) >= 11 is 0. The van der Waals surface area contributed by atoms with Crippen LogP contribution < -0.4 is 15.5 Å². The predicted octanol–water partition coefficient (Wildman–Crippen LogP) is 2.35. The molecule has 6 nitrogen and oxygen atoms in total. The van der Waals surface area contributed by atoms with Gasteiger partial charge in [-0.3, -0.25) is 4.79 Å². The largest absolute Gasteiger partial charge is 0.507 e. The number of hydrogen-bond donors (Lipinski definition) is 3. The van der Waals surface area contributed by atoms with Crippen LogP contribution in [-0.4, -0.2) is 30.4 Å². The molecule has 0 aromatic heterocycles. The van der Waals surface area contributed by atoms with Gasteiger partial charge in [0.1, 0.15) is 17.5 Å². The number of aromatic hydroxyl groups is 1. The molecule has 1 amide bonds. The molecule has 0 spiro atoms. The van der Waals surface area contributed by atoms with E-state index in [1.54, 1.807) is 38.3 Å². The number of amides is 1. The fourth-order valence-electron chi connectivity index (χ4n) is 1.92. The van der Waals surface area contributed by atoms with E-state index >= 15 is 0 Å². The number of methoxy groups -OCH3 is 1. The highest BCUT2D eigenvalue weighted by atomic mass is 16.5. The Balaban J connectivity index is 1.94. The molecule has 3 N–H and O–H groups in total. The van der Waals surface area contributed by atoms with E-state index in [-0.39, 0.29) is 11.7 Å². The van der Waals surface area contributed by atoms with Crippen molar-refractivity contribution in [2.75, 3.05) is 12.4 Å². The SMILES string of the molecule is COc1ccccc1NC(C)C(=O)N/N=C/c1ccccc1O. The van der Waals surface area contributed by atoms with Crippen LogP contribution in [0.15, 0.2) is 53.6 Å². The average molecular weight is 313 g/mol. The molecule has 0 aliphatic heterocycles. The van der Waals surface area contributed by atoms with Gasteiger partial charge in [0, 0.05) is 5.56 Å². The first-order valence-electron chi connectivity index (χ1n) is 7.12. The van der Waals surface area contributed by atoms with E-state index in [9.17, 15) is 9.90 Å². The Hall–Kier alpha value is -3.02. The number of hydrogen-bond acceptors (Lipinski definition) is 5. The minimum absolute atomic E-state index is 0.102. The summed E-state index contributed by atoms with van der Waals surface area (Å²) in [5, 5.41) is 16.5. The van der Waals surface area contributed by atoms with Crippen molar-refractivity contribution in [1.82, 2.24) is 5.43 Å². The van der Waals surface area contributed by atoms with Gasteiger partial charge in [0.25, 0.3) is 5.91 Å². The fraction of sp³-hybridized carbons (Fsp3) is 0.176. The van der Waals surface area contributed by atoms with E-state index in [1.165, 1.54) is 6.21 Å². The second kappa shape index (κ2) is 7.84. The third kappa shape index (κ3) is 4.47. The van der Waals surface area contributed by atoms with Gasteiger partial charge < -0.3 is 15.2 Å². The van der Waals surface area contributed by atoms with E-state index in [2.05, 4.69) is 15.8 Å². The molecular weight excluding hydrogens is 294 g/mol. The summed E-state index contributed by atoms with van der Waals surface area (Å²) in [6, 6.07) is 13.6. The highest BCUT2D eigenvalue weighted by Gasteiger charge is 2.13. The molecule has 0 fully saturated rings. The van der Waals surface area contributed by atoms with Crippen molar-refractivity contribution in [2.45, 2.75) is 13.0 Å². The Morgan fingerprint density at radius 2 is 1.91 bits per heavy atom. The molecule has 1 unspecified atom stereocenters. The Kier molecular flexibility index (Phi) is 5.57. The summed E-state index contributed by atoms with van der Waals surface area (Å²) in [7, 11) is 1.57. The van der Waals surface area contributed by atoms with Gasteiger partial charge in [0.15, 0.2) is 0 Å². The number of nitrogens with one attached hydrogen (secondary N) is 2. The molecule has 2 aromatic carbocycles. The predicted molar refractivity (Wildman–Crippen MR) is 89.9 cm³/mol. The summed E-state index contributed by atoms with van der Waals surface area (Å²) in [5.74, 6) is 0.457. The number of phenols is 1. The Bertz CT molecular complexity index is 701. The van der Waals surface area contributed by atoms with E-state index < -0.39 is 6.04 Å². The number of rotatable bonds is 6. The third-order valence-corrected chi connectivity index (χ3v) is 3.19. The number of anilines is 1. The third-order valence-electron chi connectivity index (χ3n) is 3.19. The number of phenolic OH excluding ortho intramolecular Hbond substituents is 1. The maximum absolute atomic E-state index is 12.0. The van der Waals surface area contributed by atoms with E-state index in [0.717, 1.165) is 5.69 Å². The molecule has 0 bridgehead atoms. The van der Waals surface area contributed by atoms with Crippen molar-refractivity contribution in [3.63, 3.8) is 0 Å². The topological polar surface area (TPSA) is 83.0 Å². The minimum atomic E-state index is -0.507. The second-order valence-electron chi connectivity index (χ2n) is 4.86. The monoisotopic (exact) mass is 313 g/mol. The van der Waals surface area contributed by atoms with E-state index in [1.807, 2.05) is 24.3 Å². The van der Waals surface area contributed by atoms with Crippen molar-refractivity contribution >= 4 is 17.8 Å². The zero-order valence-electron chi connectivity index (χ0n) is 13.0. The lowest BCUT2D eigenvalue weighted by atomic mass is 10.2. The van der Waals surface area contributed by atoms with Crippen LogP contribution in [-0.2, 0) is 4.79 Å². The Morgan fingerprint density at radius 1 is 1.22 bits per heavy atom. The van der Waals surface area contributed by atoms with Gasteiger partial charge in [0.2, 0.25) is 0 Å². The summed E-state index contributed by atoms with van der Waals surface area (Å²) in [6.45, 7) is 1.72. The molecule has 0 radical (unpaired) electrons. The van der Waals surface area contributed by atoms with E-state index in [0.29, 0.717) is 11.3 Å². The molecule has 1 atom stereocenters. The number of carbonyl (C=O) groups is 1. The molecule has 0 aliphatic rings. The second-order valence-corrected chi connectivity index (χ2v) is 4.86. The van der Waals surface area contributed by atoms with Gasteiger partial charge >= 0.3 is 0 Å². The molecule has 0 heterocycles. The zero-order valence-corrected chi connectivity index (χ0v) is 13.0. The molecule has 2 aromatic rings. The Morgan fingerprint density at radius 3 is 2.65 bits per heavy atom. The lowest BCUT2D eigenvalue weighted by Gasteiger charge is -2.15. The van der Waals surface area contributed by atoms with Crippen molar-refractivity contribution in [1.29, 1.82) is 0 Å². The van der Waals surface area contributed by atoms with E-state index in [4.69, 9.17) is 4.74 Å². The summed E-state index contributed by atoms with van der Waals surface area (Å²) in [6.07, 6.45) is 1.39. The maximum Gasteiger partial charge on any atom is 0.262 e. The number of carbonyl (C=O) groups excluding carboxylic acids is 1. The van der Waals surface area contributed by atoms with Gasteiger partial charge in [-0.15, -0.1) is 0 Å². The van der Waals surface area contributed by atoms with Crippen LogP contribution in [0.25, 0.3) is 0 Å². The van der Waals surface area contributed by atoms with Crippen molar-refractivity contribution in [3.8, 4) is 11.5 Å². The molecule has 23 heavy (non-hydrogen) atoms. The average Bonchev–Trinajstić information content (AvgIpc) is 2.57. The smallest absolute Gasteiger partial charge is 0.262 e. The number of ether oxygens (including phenoxy) is 1. The molecule has 0 saturated heterocycles. The van der Waals surface area contributed by atoms with Crippen LogP contribution in [0.4, 0.5) is 5.69 Å². The number of benzene rings is 2. The number of nitrogens with zero attached hydrogens (tertiary/aromatic N) is 1. The van der Waals surface area contributed by atoms with Crippen LogP contribution in [0.2, 0.25) is 0 Å². The van der Waals surface area contributed by atoms with Gasteiger partial charge in [0.05, 0.1) is 19.0 Å². The quantitative estimate of drug-likeness (QED) is 0.565. The van der Waals surface area contributed by atoms with Crippen LogP contribution in [0.5, 0.6) is 11.5 Å². The molecule has 0 aliphatic carbocycles. The first kappa shape index (κ1) is 16.4. The van der Waals surface area contributed by atoms with Crippen molar-refractivity contribution in [3.05, 3.63) is 54.1 Å². The minimum Gasteiger partial charge on any atom is -0.507 e. The van der Waals surface area contributed by atoms with Crippen LogP contribution >= 0.6 is 0 Å². The summed E-state index contributed by atoms with van der Waals surface area (Å²) in [5.41, 5.74) is 3.68. The van der Waals surface area contributed by atoms with Crippen LogP contribution in [0, 0.1) is 0 Å². The Labute approximate surface area is 134 Å². The van der Waals surface area contributed by atoms with Crippen molar-refractivity contribution < 1.29 is 14.6 Å². The standard InChI is InChI=1S/C17H19N3O3/c1-12(19-14-8-4-6-10-16(14)23-2)17(22)20-18-11-13-7-3-5-9-15(13)21/h3-12,19,21H,1-2H3,(H,20,22)/b18-11+. The lowest BCUT2D eigenvalue weighted by Crippen LogP contribution is -2.35. The van der Waals surface area contributed by atoms with Crippen molar-refractivity contribution in [2.24, 2.45) is 5.10 Å². The fourth-order valence-corrected chi connectivity index (χ4v) is 1.92. The number of para-hydroxylation sites is 3. The molecule has 6 heteroatoms. The molecule has 2 rings (SSSR count). The zero-order chi connectivity index (χ0) is 16.7. The van der Waals surface area contributed by atoms with Gasteiger partial charge in [-0.1, -0.05) is 24.3 Å². The summed E-state index contributed by atoms with van der Waals surface area (Å²) in [4.78, 5) is 12.0. The van der Waals surface area contributed by atoms with Crippen LogP contribution in [0.3, 0.4) is 0 Å². The van der Waals surface area contributed by atoms with Gasteiger partial charge in [-0.05, 0) is 31.2 Å². The van der Waals surface area contributed by atoms with Gasteiger partial charge in [-0.25, -0.2) is 5.43 Å². The lowest BCUT2D eigenvalue weighted by molar-refractivity contribution is -0.121. The molecule has 120 valence electrons. The van der Waals surface area contributed by atoms with Gasteiger partial charge in [-0.2, -0.15) is 5.10 Å². The number of hydrazone groups is 1. The normalized spacial score (nSPS) is 11.9. The highest BCUT2D eigenvalue weighted by Crippen LogP contribution is 2.23. The van der Waals surface area contributed by atoms with Crippen LogP contribution in [0.1, 0.15) is 12.5 Å². The highest BCUT2D eigenvalue weighted by molar-refractivity contribution is 5.87.